The van der Waals surface area contributed by atoms with E-state index in [9.17, 15) is 4.39 Å². The van der Waals surface area contributed by atoms with Gasteiger partial charge in [-0.2, -0.15) is 0 Å². The van der Waals surface area contributed by atoms with Gasteiger partial charge in [0.1, 0.15) is 11.6 Å². The molecule has 1 aliphatic heterocycles. The topological polar surface area (TPSA) is 45.4 Å². The molecule has 110 valence electrons. The Kier molecular flexibility index (Phi) is 4.01. The summed E-state index contributed by atoms with van der Waals surface area (Å²) < 4.78 is 13.8. The van der Waals surface area contributed by atoms with Crippen LogP contribution in [-0.2, 0) is 6.54 Å². The van der Waals surface area contributed by atoms with Crippen molar-refractivity contribution in [1.82, 2.24) is 4.98 Å². The molecule has 0 unspecified atom stereocenters. The van der Waals surface area contributed by atoms with Crippen LogP contribution in [0, 0.1) is 5.82 Å². The highest BCUT2D eigenvalue weighted by Crippen LogP contribution is 2.22. The third-order valence-electron chi connectivity index (χ3n) is 3.84. The maximum absolute atomic E-state index is 13.8. The number of nitrogens with zero attached hydrogens (tertiary/aromatic N) is 3. The highest BCUT2D eigenvalue weighted by atomic mass is 19.1. The number of rotatable bonds is 3. The minimum atomic E-state index is -0.158. The monoisotopic (exact) mass is 286 g/mol. The zero-order valence-corrected chi connectivity index (χ0v) is 11.9. The SMILES string of the molecule is NCc1ccnc(N2CCN(c3ccccc3F)CC2)c1. The fraction of sp³-hybridized carbons (Fsp3) is 0.312. The van der Waals surface area contributed by atoms with Gasteiger partial charge in [-0.25, -0.2) is 9.37 Å². The largest absolute Gasteiger partial charge is 0.366 e. The molecule has 21 heavy (non-hydrogen) atoms. The van der Waals surface area contributed by atoms with E-state index >= 15 is 0 Å². The van der Waals surface area contributed by atoms with Crippen molar-refractivity contribution in [3.63, 3.8) is 0 Å². The lowest BCUT2D eigenvalue weighted by Crippen LogP contribution is -2.47. The van der Waals surface area contributed by atoms with Crippen molar-refractivity contribution in [3.8, 4) is 0 Å². The van der Waals surface area contributed by atoms with E-state index in [4.69, 9.17) is 5.73 Å². The fourth-order valence-electron chi connectivity index (χ4n) is 2.65. The number of hydrogen-bond acceptors (Lipinski definition) is 4. The van der Waals surface area contributed by atoms with Gasteiger partial charge in [0.15, 0.2) is 0 Å². The lowest BCUT2D eigenvalue weighted by molar-refractivity contribution is 0.596. The van der Waals surface area contributed by atoms with E-state index in [-0.39, 0.29) is 5.82 Å². The predicted molar refractivity (Wildman–Crippen MR) is 83.0 cm³/mol. The average molecular weight is 286 g/mol. The van der Waals surface area contributed by atoms with E-state index in [1.807, 2.05) is 24.3 Å². The number of para-hydroxylation sites is 1. The van der Waals surface area contributed by atoms with Gasteiger partial charge >= 0.3 is 0 Å². The van der Waals surface area contributed by atoms with Gasteiger partial charge in [-0.15, -0.1) is 0 Å². The smallest absolute Gasteiger partial charge is 0.146 e. The Bertz CT molecular complexity index is 609. The van der Waals surface area contributed by atoms with E-state index < -0.39 is 0 Å². The van der Waals surface area contributed by atoms with Crippen molar-refractivity contribution in [1.29, 1.82) is 0 Å². The van der Waals surface area contributed by atoms with Crippen LogP contribution in [-0.4, -0.2) is 31.2 Å². The molecule has 2 N–H and O–H groups in total. The summed E-state index contributed by atoms with van der Waals surface area (Å²) in [6, 6.07) is 10.9. The van der Waals surface area contributed by atoms with Gasteiger partial charge in [-0.1, -0.05) is 12.1 Å². The summed E-state index contributed by atoms with van der Waals surface area (Å²) in [5.74, 6) is 0.792. The summed E-state index contributed by atoms with van der Waals surface area (Å²) in [6.07, 6.45) is 1.79. The van der Waals surface area contributed by atoms with Gasteiger partial charge in [0.25, 0.3) is 0 Å². The van der Waals surface area contributed by atoms with E-state index in [0.29, 0.717) is 12.2 Å². The van der Waals surface area contributed by atoms with Crippen LogP contribution < -0.4 is 15.5 Å². The Labute approximate surface area is 124 Å². The summed E-state index contributed by atoms with van der Waals surface area (Å²) in [7, 11) is 0. The van der Waals surface area contributed by atoms with Crippen LogP contribution >= 0.6 is 0 Å². The van der Waals surface area contributed by atoms with Crippen LogP contribution in [0.3, 0.4) is 0 Å². The Hall–Kier alpha value is -2.14. The number of nitrogens with two attached hydrogens (primary N) is 1. The lowest BCUT2D eigenvalue weighted by atomic mass is 10.2. The normalized spacial score (nSPS) is 15.3. The molecule has 0 aliphatic carbocycles. The van der Waals surface area contributed by atoms with Crippen LogP contribution in [0.5, 0.6) is 0 Å². The minimum Gasteiger partial charge on any atom is -0.366 e. The molecular formula is C16H19FN4. The molecule has 1 aliphatic rings. The van der Waals surface area contributed by atoms with E-state index in [1.165, 1.54) is 6.07 Å². The molecule has 3 rings (SSSR count). The Balaban J connectivity index is 1.69. The molecule has 1 aromatic carbocycles. The van der Waals surface area contributed by atoms with Crippen LogP contribution in [0.4, 0.5) is 15.9 Å². The maximum atomic E-state index is 13.8. The second-order valence-electron chi connectivity index (χ2n) is 5.15. The van der Waals surface area contributed by atoms with Gasteiger partial charge in [-0.05, 0) is 29.8 Å². The van der Waals surface area contributed by atoms with Gasteiger partial charge in [0.05, 0.1) is 5.69 Å². The van der Waals surface area contributed by atoms with Crippen LogP contribution in [0.2, 0.25) is 0 Å². The number of benzene rings is 1. The molecule has 0 spiro atoms. The molecule has 0 radical (unpaired) electrons. The summed E-state index contributed by atoms with van der Waals surface area (Å²) in [4.78, 5) is 8.70. The Morgan fingerprint density at radius 3 is 2.48 bits per heavy atom. The molecule has 0 saturated carbocycles. The minimum absolute atomic E-state index is 0.158. The van der Waals surface area contributed by atoms with Crippen molar-refractivity contribution in [2.45, 2.75) is 6.54 Å². The first-order chi connectivity index (χ1) is 10.3. The maximum Gasteiger partial charge on any atom is 0.146 e. The highest BCUT2D eigenvalue weighted by Gasteiger charge is 2.20. The molecule has 0 bridgehead atoms. The Morgan fingerprint density at radius 2 is 1.76 bits per heavy atom. The van der Waals surface area contributed by atoms with Crippen molar-refractivity contribution >= 4 is 11.5 Å². The molecular weight excluding hydrogens is 267 g/mol. The van der Waals surface area contributed by atoms with Crippen LogP contribution in [0.1, 0.15) is 5.56 Å². The van der Waals surface area contributed by atoms with Crippen LogP contribution in [0.25, 0.3) is 0 Å². The van der Waals surface area contributed by atoms with E-state index in [0.717, 1.165) is 37.6 Å². The third kappa shape index (κ3) is 2.97. The van der Waals surface area contributed by atoms with E-state index in [1.54, 1.807) is 12.3 Å². The molecule has 4 nitrogen and oxygen atoms in total. The summed E-state index contributed by atoms with van der Waals surface area (Å²) in [6.45, 7) is 3.75. The number of anilines is 2. The zero-order valence-electron chi connectivity index (χ0n) is 11.9. The Morgan fingerprint density at radius 1 is 1.05 bits per heavy atom. The van der Waals surface area contributed by atoms with E-state index in [2.05, 4.69) is 14.8 Å². The zero-order chi connectivity index (χ0) is 14.7. The fourth-order valence-corrected chi connectivity index (χ4v) is 2.65. The summed E-state index contributed by atoms with van der Waals surface area (Å²) in [5.41, 5.74) is 7.43. The van der Waals surface area contributed by atoms with Crippen molar-refractivity contribution in [2.75, 3.05) is 36.0 Å². The molecule has 0 amide bonds. The van der Waals surface area contributed by atoms with Crippen LogP contribution in [0.15, 0.2) is 42.6 Å². The molecule has 1 aromatic heterocycles. The summed E-state index contributed by atoms with van der Waals surface area (Å²) >= 11 is 0. The predicted octanol–water partition coefficient (Wildman–Crippen LogP) is 2.01. The standard InChI is InChI=1S/C16H19FN4/c17-14-3-1-2-4-15(14)20-7-9-21(10-8-20)16-11-13(12-18)5-6-19-16/h1-6,11H,7-10,12,18H2. The highest BCUT2D eigenvalue weighted by molar-refractivity contribution is 5.50. The second kappa shape index (κ2) is 6.10. The third-order valence-corrected chi connectivity index (χ3v) is 3.84. The van der Waals surface area contributed by atoms with Gasteiger partial charge in [0, 0.05) is 38.9 Å². The summed E-state index contributed by atoms with van der Waals surface area (Å²) in [5, 5.41) is 0. The number of pyridine rings is 1. The first-order valence-corrected chi connectivity index (χ1v) is 7.17. The van der Waals surface area contributed by atoms with Crippen molar-refractivity contribution in [3.05, 3.63) is 54.0 Å². The van der Waals surface area contributed by atoms with Gasteiger partial charge in [-0.3, -0.25) is 0 Å². The number of piperazine rings is 1. The molecule has 1 fully saturated rings. The van der Waals surface area contributed by atoms with Crippen molar-refractivity contribution < 1.29 is 4.39 Å². The number of aromatic nitrogens is 1. The molecule has 1 saturated heterocycles. The first-order valence-electron chi connectivity index (χ1n) is 7.17. The quantitative estimate of drug-likeness (QED) is 0.937. The van der Waals surface area contributed by atoms with Gasteiger partial charge < -0.3 is 15.5 Å². The molecule has 2 heterocycles. The second-order valence-corrected chi connectivity index (χ2v) is 5.15. The molecule has 0 atom stereocenters. The van der Waals surface area contributed by atoms with Crippen molar-refractivity contribution in [2.24, 2.45) is 5.73 Å². The number of halogens is 1. The lowest BCUT2D eigenvalue weighted by Gasteiger charge is -2.36. The molecule has 5 heteroatoms. The number of hydrogen-bond donors (Lipinski definition) is 1. The first kappa shape index (κ1) is 13.8. The average Bonchev–Trinajstić information content (AvgIpc) is 2.56. The van der Waals surface area contributed by atoms with Gasteiger partial charge in [0.2, 0.25) is 0 Å². The molecule has 2 aromatic rings.